The molecule has 1 aliphatic heterocycles. The van der Waals surface area contributed by atoms with Crippen LogP contribution in [0.5, 0.6) is 0 Å². The predicted molar refractivity (Wildman–Crippen MR) is 65.5 cm³/mol. The molecule has 1 unspecified atom stereocenters. The van der Waals surface area contributed by atoms with E-state index in [0.717, 1.165) is 17.3 Å². The van der Waals surface area contributed by atoms with E-state index < -0.39 is 0 Å². The molecule has 1 fully saturated rings. The standard InChI is InChI=1S/C9H15N3O2S2/c10-1-2-13-5-8-11-9(12-14-8)7-6-15-3-4-16-7/h7H,1-6,10H2. The minimum Gasteiger partial charge on any atom is -0.370 e. The first kappa shape index (κ1) is 12.2. The summed E-state index contributed by atoms with van der Waals surface area (Å²) in [6.07, 6.45) is 0. The molecule has 7 heteroatoms. The molecule has 2 rings (SSSR count). The fourth-order valence-corrected chi connectivity index (χ4v) is 3.93. The maximum atomic E-state index is 5.32. The van der Waals surface area contributed by atoms with Crippen LogP contribution in [-0.2, 0) is 11.3 Å². The fourth-order valence-electron chi connectivity index (χ4n) is 1.34. The van der Waals surface area contributed by atoms with Crippen LogP contribution in [-0.4, -0.2) is 40.6 Å². The number of thioether (sulfide) groups is 2. The van der Waals surface area contributed by atoms with Crippen LogP contribution >= 0.6 is 23.5 Å². The Hall–Kier alpha value is -0.240. The third-order valence-electron chi connectivity index (χ3n) is 2.08. The number of hydrogen-bond acceptors (Lipinski definition) is 7. The summed E-state index contributed by atoms with van der Waals surface area (Å²) >= 11 is 3.83. The monoisotopic (exact) mass is 261 g/mol. The highest BCUT2D eigenvalue weighted by Gasteiger charge is 2.21. The van der Waals surface area contributed by atoms with Gasteiger partial charge < -0.3 is 15.0 Å². The van der Waals surface area contributed by atoms with E-state index in [9.17, 15) is 0 Å². The van der Waals surface area contributed by atoms with E-state index in [1.165, 1.54) is 5.75 Å². The van der Waals surface area contributed by atoms with Crippen molar-refractivity contribution in [3.05, 3.63) is 11.7 Å². The quantitative estimate of drug-likeness (QED) is 0.794. The molecule has 1 saturated heterocycles. The van der Waals surface area contributed by atoms with Gasteiger partial charge in [-0.2, -0.15) is 16.7 Å². The Morgan fingerprint density at radius 2 is 2.44 bits per heavy atom. The number of nitrogens with two attached hydrogens (primary N) is 1. The zero-order valence-corrected chi connectivity index (χ0v) is 10.6. The summed E-state index contributed by atoms with van der Waals surface area (Å²) in [5.41, 5.74) is 5.32. The normalized spacial score (nSPS) is 21.2. The van der Waals surface area contributed by atoms with Crippen molar-refractivity contribution in [3.8, 4) is 0 Å². The SMILES string of the molecule is NCCOCc1nc(C2CSCCS2)no1. The van der Waals surface area contributed by atoms with Gasteiger partial charge in [-0.1, -0.05) is 5.16 Å². The Morgan fingerprint density at radius 3 is 3.19 bits per heavy atom. The average Bonchev–Trinajstić information content (AvgIpc) is 2.79. The molecule has 0 aliphatic carbocycles. The lowest BCUT2D eigenvalue weighted by molar-refractivity contribution is 0.104. The molecule has 90 valence electrons. The van der Waals surface area contributed by atoms with Gasteiger partial charge in [0.05, 0.1) is 11.9 Å². The summed E-state index contributed by atoms with van der Waals surface area (Å²) in [6, 6.07) is 0. The molecule has 0 radical (unpaired) electrons. The van der Waals surface area contributed by atoms with Gasteiger partial charge in [0.15, 0.2) is 5.82 Å². The third-order valence-corrected chi connectivity index (χ3v) is 4.83. The number of hydrogen-bond donors (Lipinski definition) is 1. The van der Waals surface area contributed by atoms with E-state index in [4.69, 9.17) is 15.0 Å². The van der Waals surface area contributed by atoms with Crippen LogP contribution in [0.15, 0.2) is 4.52 Å². The molecule has 0 aromatic carbocycles. The summed E-state index contributed by atoms with van der Waals surface area (Å²) in [6.45, 7) is 1.39. The second-order valence-corrected chi connectivity index (χ2v) is 5.78. The van der Waals surface area contributed by atoms with Crippen LogP contribution in [0.25, 0.3) is 0 Å². The van der Waals surface area contributed by atoms with Crippen LogP contribution in [0.2, 0.25) is 0 Å². The van der Waals surface area contributed by atoms with Crippen LogP contribution in [0, 0.1) is 0 Å². The molecule has 16 heavy (non-hydrogen) atoms. The Morgan fingerprint density at radius 1 is 1.50 bits per heavy atom. The van der Waals surface area contributed by atoms with Gasteiger partial charge in [0.1, 0.15) is 6.61 Å². The van der Waals surface area contributed by atoms with E-state index >= 15 is 0 Å². The molecule has 0 amide bonds. The summed E-state index contributed by atoms with van der Waals surface area (Å²) in [5, 5.41) is 4.35. The molecular formula is C9H15N3O2S2. The maximum Gasteiger partial charge on any atom is 0.252 e. The molecule has 0 saturated carbocycles. The Labute approximate surface area is 103 Å². The van der Waals surface area contributed by atoms with E-state index in [-0.39, 0.29) is 0 Å². The van der Waals surface area contributed by atoms with Crippen LogP contribution in [0.4, 0.5) is 0 Å². The highest BCUT2D eigenvalue weighted by atomic mass is 32.2. The topological polar surface area (TPSA) is 74.2 Å². The smallest absolute Gasteiger partial charge is 0.252 e. The molecule has 1 aromatic rings. The summed E-state index contributed by atoms with van der Waals surface area (Å²) in [5.74, 6) is 4.77. The van der Waals surface area contributed by atoms with E-state index in [0.29, 0.717) is 30.9 Å². The number of ether oxygens (including phenoxy) is 1. The first-order chi connectivity index (χ1) is 7.90. The lowest BCUT2D eigenvalue weighted by atomic mass is 10.4. The van der Waals surface area contributed by atoms with Gasteiger partial charge in [-0.15, -0.1) is 11.8 Å². The van der Waals surface area contributed by atoms with Gasteiger partial charge in [-0.05, 0) is 0 Å². The summed E-state index contributed by atoms with van der Waals surface area (Å²) < 4.78 is 10.4. The first-order valence-corrected chi connectivity index (χ1v) is 7.40. The second kappa shape index (κ2) is 6.48. The van der Waals surface area contributed by atoms with Gasteiger partial charge >= 0.3 is 0 Å². The highest BCUT2D eigenvalue weighted by Crippen LogP contribution is 2.35. The lowest BCUT2D eigenvalue weighted by Gasteiger charge is -2.16. The Kier molecular flexibility index (Phi) is 4.95. The van der Waals surface area contributed by atoms with Gasteiger partial charge in [0.2, 0.25) is 0 Å². The number of aromatic nitrogens is 2. The molecule has 1 aromatic heterocycles. The zero-order valence-electron chi connectivity index (χ0n) is 8.92. The predicted octanol–water partition coefficient (Wildman–Crippen LogP) is 1.07. The van der Waals surface area contributed by atoms with Gasteiger partial charge in [0, 0.05) is 23.8 Å². The molecule has 2 heterocycles. The minimum atomic E-state index is 0.356. The molecule has 1 atom stereocenters. The average molecular weight is 261 g/mol. The molecule has 2 N–H and O–H groups in total. The van der Waals surface area contributed by atoms with Crippen molar-refractivity contribution in [3.63, 3.8) is 0 Å². The third kappa shape index (κ3) is 3.38. The van der Waals surface area contributed by atoms with Gasteiger partial charge in [0.25, 0.3) is 5.89 Å². The van der Waals surface area contributed by atoms with Crippen molar-refractivity contribution in [2.24, 2.45) is 5.73 Å². The van der Waals surface area contributed by atoms with Gasteiger partial charge in [-0.25, -0.2) is 0 Å². The van der Waals surface area contributed by atoms with Crippen molar-refractivity contribution >= 4 is 23.5 Å². The minimum absolute atomic E-state index is 0.356. The second-order valence-electron chi connectivity index (χ2n) is 3.32. The van der Waals surface area contributed by atoms with Crippen LogP contribution in [0.3, 0.4) is 0 Å². The zero-order chi connectivity index (χ0) is 11.2. The summed E-state index contributed by atoms with van der Waals surface area (Å²) in [4.78, 5) is 4.33. The van der Waals surface area contributed by atoms with Crippen molar-refractivity contribution in [2.45, 2.75) is 11.9 Å². The van der Waals surface area contributed by atoms with E-state index in [2.05, 4.69) is 10.1 Å². The Bertz CT molecular complexity index is 315. The number of nitrogens with zero attached hydrogens (tertiary/aromatic N) is 2. The van der Waals surface area contributed by atoms with Crippen molar-refractivity contribution in [1.82, 2.24) is 10.1 Å². The Balaban J connectivity index is 1.85. The van der Waals surface area contributed by atoms with Crippen molar-refractivity contribution < 1.29 is 9.26 Å². The number of rotatable bonds is 5. The van der Waals surface area contributed by atoms with Gasteiger partial charge in [-0.3, -0.25) is 0 Å². The highest BCUT2D eigenvalue weighted by molar-refractivity contribution is 8.06. The fraction of sp³-hybridized carbons (Fsp3) is 0.778. The maximum absolute atomic E-state index is 5.32. The molecular weight excluding hydrogens is 246 g/mol. The lowest BCUT2D eigenvalue weighted by Crippen LogP contribution is -2.09. The van der Waals surface area contributed by atoms with Crippen LogP contribution < -0.4 is 5.73 Å². The summed E-state index contributed by atoms with van der Waals surface area (Å²) in [7, 11) is 0. The van der Waals surface area contributed by atoms with E-state index in [1.807, 2.05) is 23.5 Å². The molecule has 1 aliphatic rings. The molecule has 0 spiro atoms. The molecule has 5 nitrogen and oxygen atoms in total. The van der Waals surface area contributed by atoms with E-state index in [1.54, 1.807) is 0 Å². The van der Waals surface area contributed by atoms with Crippen molar-refractivity contribution in [2.75, 3.05) is 30.4 Å². The van der Waals surface area contributed by atoms with Crippen molar-refractivity contribution in [1.29, 1.82) is 0 Å². The molecule has 0 bridgehead atoms. The van der Waals surface area contributed by atoms with Crippen LogP contribution in [0.1, 0.15) is 17.0 Å². The largest absolute Gasteiger partial charge is 0.370 e. The first-order valence-electron chi connectivity index (χ1n) is 5.20.